The Morgan fingerprint density at radius 3 is 2.21 bits per heavy atom. The number of rotatable bonds is 4. The fourth-order valence-electron chi connectivity index (χ4n) is 3.20. The second-order valence-corrected chi connectivity index (χ2v) is 9.26. The molecule has 0 bridgehead atoms. The van der Waals surface area contributed by atoms with Crippen LogP contribution < -0.4 is 0 Å². The fraction of sp³-hybridized carbons (Fsp3) is 0.800. The number of carbonyl (C=O) groups excluding carboxylic acids is 3. The molecule has 0 aliphatic carbocycles. The molecule has 2 rings (SSSR count). The van der Waals surface area contributed by atoms with E-state index in [1.807, 2.05) is 0 Å². The molecule has 2 saturated heterocycles. The Labute approximate surface area is 142 Å². The smallest absolute Gasteiger partial charge is 0.237 e. The van der Waals surface area contributed by atoms with E-state index < -0.39 is 15.3 Å². The van der Waals surface area contributed by atoms with E-state index in [0.717, 1.165) is 6.41 Å². The van der Waals surface area contributed by atoms with Gasteiger partial charge in [-0.15, -0.1) is 0 Å². The van der Waals surface area contributed by atoms with Crippen LogP contribution in [0.15, 0.2) is 0 Å². The van der Waals surface area contributed by atoms with E-state index in [4.69, 9.17) is 0 Å². The zero-order valence-corrected chi connectivity index (χ0v) is 15.2. The van der Waals surface area contributed by atoms with Gasteiger partial charge in [-0.25, -0.2) is 8.42 Å². The lowest BCUT2D eigenvalue weighted by Crippen LogP contribution is -2.56. The molecule has 3 amide bonds. The van der Waals surface area contributed by atoms with Gasteiger partial charge in [-0.2, -0.15) is 0 Å². The first kappa shape index (κ1) is 18.7. The van der Waals surface area contributed by atoms with Crippen molar-refractivity contribution in [1.82, 2.24) is 14.7 Å². The van der Waals surface area contributed by atoms with Gasteiger partial charge in [0.15, 0.2) is 9.84 Å². The number of piperazine rings is 1. The van der Waals surface area contributed by atoms with Crippen molar-refractivity contribution in [1.29, 1.82) is 0 Å². The van der Waals surface area contributed by atoms with Gasteiger partial charge >= 0.3 is 0 Å². The quantitative estimate of drug-likeness (QED) is 0.472. The predicted octanol–water partition coefficient (Wildman–Crippen LogP) is -1.04. The standard InChI is InChI=1S/C15H25N3O5S/c1-15(2,14(21)18-7-5-17(11-19)6-8-18)13(20)16(3)12-4-9-24(22,23)10-12/h11-12H,4-10H2,1-3H3. The molecule has 1 atom stereocenters. The lowest BCUT2D eigenvalue weighted by Gasteiger charge is -2.38. The van der Waals surface area contributed by atoms with Crippen LogP contribution in [0.5, 0.6) is 0 Å². The van der Waals surface area contributed by atoms with E-state index in [2.05, 4.69) is 0 Å². The molecule has 0 spiro atoms. The first-order chi connectivity index (χ1) is 11.1. The van der Waals surface area contributed by atoms with Crippen molar-refractivity contribution in [3.05, 3.63) is 0 Å². The van der Waals surface area contributed by atoms with Crippen LogP contribution in [0.2, 0.25) is 0 Å². The fourth-order valence-corrected chi connectivity index (χ4v) is 4.98. The van der Waals surface area contributed by atoms with E-state index in [0.29, 0.717) is 32.6 Å². The first-order valence-electron chi connectivity index (χ1n) is 8.05. The Bertz CT molecular complexity index is 623. The van der Waals surface area contributed by atoms with Crippen molar-refractivity contribution >= 4 is 28.1 Å². The molecule has 24 heavy (non-hydrogen) atoms. The minimum absolute atomic E-state index is 0.0441. The van der Waals surface area contributed by atoms with Crippen LogP contribution in [0.3, 0.4) is 0 Å². The van der Waals surface area contributed by atoms with Crippen LogP contribution in [0.25, 0.3) is 0 Å². The van der Waals surface area contributed by atoms with E-state index >= 15 is 0 Å². The van der Waals surface area contributed by atoms with Gasteiger partial charge in [-0.1, -0.05) is 0 Å². The van der Waals surface area contributed by atoms with Crippen LogP contribution in [0.1, 0.15) is 20.3 Å². The second-order valence-electron chi connectivity index (χ2n) is 7.03. The lowest BCUT2D eigenvalue weighted by molar-refractivity contribution is -0.155. The lowest BCUT2D eigenvalue weighted by atomic mass is 9.88. The Morgan fingerprint density at radius 1 is 1.17 bits per heavy atom. The van der Waals surface area contributed by atoms with Gasteiger partial charge in [0.1, 0.15) is 5.41 Å². The van der Waals surface area contributed by atoms with Gasteiger partial charge in [0.25, 0.3) is 0 Å². The van der Waals surface area contributed by atoms with Crippen molar-refractivity contribution in [3.63, 3.8) is 0 Å². The largest absolute Gasteiger partial charge is 0.342 e. The van der Waals surface area contributed by atoms with Crippen LogP contribution in [-0.2, 0) is 24.2 Å². The minimum Gasteiger partial charge on any atom is -0.342 e. The van der Waals surface area contributed by atoms with E-state index in [-0.39, 0.29) is 29.4 Å². The van der Waals surface area contributed by atoms with Crippen molar-refractivity contribution < 1.29 is 22.8 Å². The highest BCUT2D eigenvalue weighted by molar-refractivity contribution is 7.91. The highest BCUT2D eigenvalue weighted by Gasteiger charge is 2.44. The van der Waals surface area contributed by atoms with Crippen molar-refractivity contribution in [2.75, 3.05) is 44.7 Å². The molecule has 1 unspecified atom stereocenters. The molecule has 2 aliphatic heterocycles. The summed E-state index contributed by atoms with van der Waals surface area (Å²) in [6.07, 6.45) is 1.17. The summed E-state index contributed by atoms with van der Waals surface area (Å²) in [5, 5.41) is 0. The van der Waals surface area contributed by atoms with Gasteiger partial charge in [-0.3, -0.25) is 14.4 Å². The van der Waals surface area contributed by atoms with Crippen molar-refractivity contribution in [2.45, 2.75) is 26.3 Å². The molecule has 0 saturated carbocycles. The Morgan fingerprint density at radius 2 is 1.75 bits per heavy atom. The average molecular weight is 359 g/mol. The molecule has 136 valence electrons. The molecule has 9 heteroatoms. The summed E-state index contributed by atoms with van der Waals surface area (Å²) in [6, 6.07) is -0.374. The molecule has 0 aromatic rings. The summed E-state index contributed by atoms with van der Waals surface area (Å²) in [7, 11) is -1.53. The molecule has 0 aromatic heterocycles. The summed E-state index contributed by atoms with van der Waals surface area (Å²) >= 11 is 0. The number of nitrogens with zero attached hydrogens (tertiary/aromatic N) is 3. The second kappa shape index (κ2) is 6.70. The molecule has 2 heterocycles. The van der Waals surface area contributed by atoms with Gasteiger partial charge < -0.3 is 14.7 Å². The first-order valence-corrected chi connectivity index (χ1v) is 9.87. The maximum atomic E-state index is 12.8. The van der Waals surface area contributed by atoms with Crippen LogP contribution >= 0.6 is 0 Å². The Kier molecular flexibility index (Phi) is 5.22. The van der Waals surface area contributed by atoms with Crippen LogP contribution in [0, 0.1) is 5.41 Å². The number of carbonyl (C=O) groups is 3. The third-order valence-electron chi connectivity index (χ3n) is 4.90. The van der Waals surface area contributed by atoms with Gasteiger partial charge in [0.2, 0.25) is 18.2 Å². The minimum atomic E-state index is -3.10. The highest BCUT2D eigenvalue weighted by Crippen LogP contribution is 2.26. The molecule has 2 aliphatic rings. The number of hydrogen-bond donors (Lipinski definition) is 0. The summed E-state index contributed by atoms with van der Waals surface area (Å²) in [5.41, 5.74) is -1.26. The van der Waals surface area contributed by atoms with E-state index in [1.54, 1.807) is 30.7 Å². The summed E-state index contributed by atoms with van der Waals surface area (Å²) in [6.45, 7) is 4.85. The molecule has 2 fully saturated rings. The van der Waals surface area contributed by atoms with Crippen molar-refractivity contribution in [2.24, 2.45) is 5.41 Å². The average Bonchev–Trinajstić information content (AvgIpc) is 2.92. The number of amides is 3. The van der Waals surface area contributed by atoms with Crippen LogP contribution in [0.4, 0.5) is 0 Å². The maximum Gasteiger partial charge on any atom is 0.237 e. The van der Waals surface area contributed by atoms with Gasteiger partial charge in [0.05, 0.1) is 11.5 Å². The number of sulfone groups is 1. The Balaban J connectivity index is 2.04. The molecule has 0 aromatic carbocycles. The van der Waals surface area contributed by atoms with Gasteiger partial charge in [0, 0.05) is 39.3 Å². The monoisotopic (exact) mass is 359 g/mol. The van der Waals surface area contributed by atoms with Gasteiger partial charge in [-0.05, 0) is 20.3 Å². The third kappa shape index (κ3) is 3.71. The molecular weight excluding hydrogens is 334 g/mol. The Hall–Kier alpha value is -1.64. The topological polar surface area (TPSA) is 95.1 Å². The summed E-state index contributed by atoms with van der Waals surface area (Å²) in [4.78, 5) is 40.9. The summed E-state index contributed by atoms with van der Waals surface area (Å²) in [5.74, 6) is -0.618. The zero-order chi connectivity index (χ0) is 18.1. The highest BCUT2D eigenvalue weighted by atomic mass is 32.2. The molecule has 8 nitrogen and oxygen atoms in total. The normalized spacial score (nSPS) is 23.9. The van der Waals surface area contributed by atoms with E-state index in [9.17, 15) is 22.8 Å². The number of hydrogen-bond acceptors (Lipinski definition) is 5. The molecule has 0 N–H and O–H groups in total. The zero-order valence-electron chi connectivity index (χ0n) is 14.4. The van der Waals surface area contributed by atoms with Crippen molar-refractivity contribution in [3.8, 4) is 0 Å². The predicted molar refractivity (Wildman–Crippen MR) is 87.8 cm³/mol. The molecular formula is C15H25N3O5S. The maximum absolute atomic E-state index is 12.8. The van der Waals surface area contributed by atoms with E-state index in [1.165, 1.54) is 4.90 Å². The third-order valence-corrected chi connectivity index (χ3v) is 6.65. The van der Waals surface area contributed by atoms with Crippen LogP contribution in [-0.4, -0.2) is 92.1 Å². The SMILES string of the molecule is CN(C(=O)C(C)(C)C(=O)N1CCN(C=O)CC1)C1CCS(=O)(=O)C1. The summed E-state index contributed by atoms with van der Waals surface area (Å²) < 4.78 is 23.2. The molecule has 0 radical (unpaired) electrons.